The Morgan fingerprint density at radius 2 is 1.61 bits per heavy atom. The maximum absolute atomic E-state index is 13.3. The number of methoxy groups -OCH3 is 1. The first-order chi connectivity index (χ1) is 13.4. The van der Waals surface area contributed by atoms with Crippen LogP contribution in [-0.2, 0) is 14.8 Å². The molecule has 1 heterocycles. The highest BCUT2D eigenvalue weighted by Gasteiger charge is 2.29. The zero-order valence-corrected chi connectivity index (χ0v) is 16.9. The minimum atomic E-state index is -3.90. The summed E-state index contributed by atoms with van der Waals surface area (Å²) in [4.78, 5) is 16.8. The molecule has 0 saturated carbocycles. The summed E-state index contributed by atoms with van der Waals surface area (Å²) in [7, 11) is -0.375. The van der Waals surface area contributed by atoms with Gasteiger partial charge in [0.25, 0.3) is 10.0 Å². The van der Waals surface area contributed by atoms with E-state index >= 15 is 0 Å². The second kappa shape index (κ2) is 8.62. The quantitative estimate of drug-likeness (QED) is 0.734. The highest BCUT2D eigenvalue weighted by molar-refractivity contribution is 7.92. The molecule has 0 radical (unpaired) electrons. The van der Waals surface area contributed by atoms with Gasteiger partial charge in [-0.1, -0.05) is 18.2 Å². The number of likely N-dealkylation sites (N-methyl/N-ethyl adjacent to an activating group) is 1. The van der Waals surface area contributed by atoms with Gasteiger partial charge in [0.2, 0.25) is 5.91 Å². The molecule has 3 rings (SSSR count). The molecule has 0 aromatic heterocycles. The van der Waals surface area contributed by atoms with Crippen LogP contribution in [0.25, 0.3) is 0 Å². The number of rotatable bonds is 6. The minimum absolute atomic E-state index is 0.114. The Labute approximate surface area is 166 Å². The van der Waals surface area contributed by atoms with E-state index in [1.807, 2.05) is 13.1 Å². The predicted octanol–water partition coefficient (Wildman–Crippen LogP) is 1.66. The van der Waals surface area contributed by atoms with Gasteiger partial charge in [-0.3, -0.25) is 9.10 Å². The van der Waals surface area contributed by atoms with Crippen LogP contribution in [0.1, 0.15) is 0 Å². The number of hydrogen-bond acceptors (Lipinski definition) is 5. The Morgan fingerprint density at radius 1 is 1.00 bits per heavy atom. The van der Waals surface area contributed by atoms with E-state index in [0.717, 1.165) is 13.1 Å². The maximum Gasteiger partial charge on any atom is 0.264 e. The largest absolute Gasteiger partial charge is 0.497 e. The number of carbonyl (C=O) groups excluding carboxylic acids is 1. The summed E-state index contributed by atoms with van der Waals surface area (Å²) in [5.74, 6) is 0.368. The molecule has 1 aliphatic heterocycles. The van der Waals surface area contributed by atoms with Gasteiger partial charge in [-0.15, -0.1) is 0 Å². The van der Waals surface area contributed by atoms with Crippen molar-refractivity contribution in [3.63, 3.8) is 0 Å². The van der Waals surface area contributed by atoms with Gasteiger partial charge in [0.15, 0.2) is 0 Å². The average Bonchev–Trinajstić information content (AvgIpc) is 2.73. The number of nitrogens with zero attached hydrogens (tertiary/aromatic N) is 3. The summed E-state index contributed by atoms with van der Waals surface area (Å²) in [6, 6.07) is 14.9. The van der Waals surface area contributed by atoms with Crippen LogP contribution in [0.3, 0.4) is 0 Å². The molecule has 8 heteroatoms. The zero-order valence-electron chi connectivity index (χ0n) is 16.1. The van der Waals surface area contributed by atoms with E-state index in [9.17, 15) is 13.2 Å². The van der Waals surface area contributed by atoms with Crippen LogP contribution in [0, 0.1) is 0 Å². The van der Waals surface area contributed by atoms with Crippen molar-refractivity contribution in [1.29, 1.82) is 0 Å². The van der Waals surface area contributed by atoms with Crippen molar-refractivity contribution < 1.29 is 17.9 Å². The highest BCUT2D eigenvalue weighted by atomic mass is 32.2. The van der Waals surface area contributed by atoms with Crippen LogP contribution in [0.4, 0.5) is 5.69 Å². The second-order valence-corrected chi connectivity index (χ2v) is 8.57. The molecule has 0 atom stereocenters. The van der Waals surface area contributed by atoms with Gasteiger partial charge >= 0.3 is 0 Å². The summed E-state index contributed by atoms with van der Waals surface area (Å²) in [5.41, 5.74) is 0.459. The Bertz CT molecular complexity index is 893. The first-order valence-corrected chi connectivity index (χ1v) is 10.5. The van der Waals surface area contributed by atoms with Crippen molar-refractivity contribution >= 4 is 21.6 Å². The Kier molecular flexibility index (Phi) is 6.21. The third-order valence-electron chi connectivity index (χ3n) is 4.83. The number of sulfonamides is 1. The molecule has 2 aromatic carbocycles. The molecule has 0 bridgehead atoms. The summed E-state index contributed by atoms with van der Waals surface area (Å²) >= 11 is 0. The van der Waals surface area contributed by atoms with Gasteiger partial charge in [0.1, 0.15) is 12.3 Å². The van der Waals surface area contributed by atoms with Crippen LogP contribution in [0.5, 0.6) is 5.75 Å². The number of anilines is 1. The molecule has 150 valence electrons. The lowest BCUT2D eigenvalue weighted by molar-refractivity contribution is -0.131. The monoisotopic (exact) mass is 403 g/mol. The molecule has 1 amide bonds. The van der Waals surface area contributed by atoms with Crippen LogP contribution in [-0.4, -0.2) is 71.0 Å². The molecular weight excluding hydrogens is 378 g/mol. The number of ether oxygens (including phenoxy) is 1. The third-order valence-corrected chi connectivity index (χ3v) is 6.61. The Hall–Kier alpha value is -2.58. The summed E-state index contributed by atoms with van der Waals surface area (Å²) in [6.45, 7) is 2.52. The van der Waals surface area contributed by atoms with Crippen molar-refractivity contribution in [2.45, 2.75) is 4.90 Å². The smallest absolute Gasteiger partial charge is 0.264 e. The number of hydrogen-bond donors (Lipinski definition) is 0. The normalized spacial score (nSPS) is 15.3. The number of carbonyl (C=O) groups is 1. The lowest BCUT2D eigenvalue weighted by Gasteiger charge is -2.34. The van der Waals surface area contributed by atoms with E-state index in [1.165, 1.54) is 23.5 Å². The van der Waals surface area contributed by atoms with Gasteiger partial charge in [-0.25, -0.2) is 8.42 Å². The van der Waals surface area contributed by atoms with Crippen molar-refractivity contribution in [3.8, 4) is 5.75 Å². The van der Waals surface area contributed by atoms with Crippen molar-refractivity contribution in [3.05, 3.63) is 54.6 Å². The Balaban J connectivity index is 1.89. The van der Waals surface area contributed by atoms with E-state index in [0.29, 0.717) is 24.5 Å². The van der Waals surface area contributed by atoms with Gasteiger partial charge in [0.05, 0.1) is 17.7 Å². The topological polar surface area (TPSA) is 70.2 Å². The predicted molar refractivity (Wildman–Crippen MR) is 108 cm³/mol. The fourth-order valence-corrected chi connectivity index (χ4v) is 4.48. The maximum atomic E-state index is 13.3. The van der Waals surface area contributed by atoms with Crippen LogP contribution in [0.2, 0.25) is 0 Å². The zero-order chi connectivity index (χ0) is 20.1. The van der Waals surface area contributed by atoms with Crippen LogP contribution >= 0.6 is 0 Å². The molecule has 1 saturated heterocycles. The molecular formula is C20H25N3O4S. The molecule has 0 unspecified atom stereocenters. The first-order valence-electron chi connectivity index (χ1n) is 9.10. The first kappa shape index (κ1) is 20.2. The fourth-order valence-electron chi connectivity index (χ4n) is 3.06. The van der Waals surface area contributed by atoms with Crippen molar-refractivity contribution in [1.82, 2.24) is 9.80 Å². The van der Waals surface area contributed by atoms with E-state index in [-0.39, 0.29) is 17.3 Å². The second-order valence-electron chi connectivity index (χ2n) is 6.71. The minimum Gasteiger partial charge on any atom is -0.497 e. The van der Waals surface area contributed by atoms with Crippen LogP contribution in [0.15, 0.2) is 59.5 Å². The van der Waals surface area contributed by atoms with Gasteiger partial charge in [0, 0.05) is 26.2 Å². The molecule has 2 aromatic rings. The standard InChI is InChI=1S/C20H25N3O4S/c1-21-12-14-22(15-13-21)20(24)16-23(17-6-4-3-5-7-17)28(25,26)19-10-8-18(27-2)9-11-19/h3-11H,12-16H2,1-2H3. The fraction of sp³-hybridized carbons (Fsp3) is 0.350. The molecule has 1 aliphatic rings. The SMILES string of the molecule is COc1ccc(S(=O)(=O)N(CC(=O)N2CCN(C)CC2)c2ccccc2)cc1. The number of amides is 1. The van der Waals surface area contributed by atoms with Gasteiger partial charge < -0.3 is 14.5 Å². The van der Waals surface area contributed by atoms with E-state index in [2.05, 4.69) is 4.90 Å². The van der Waals surface area contributed by atoms with E-state index < -0.39 is 10.0 Å². The molecule has 7 nitrogen and oxygen atoms in total. The lowest BCUT2D eigenvalue weighted by atomic mass is 10.3. The molecule has 0 aliphatic carbocycles. The summed E-state index contributed by atoms with van der Waals surface area (Å²) in [6.07, 6.45) is 0. The Morgan fingerprint density at radius 3 is 2.18 bits per heavy atom. The van der Waals surface area contributed by atoms with Crippen molar-refractivity contribution in [2.75, 3.05) is 51.2 Å². The summed E-state index contributed by atoms with van der Waals surface area (Å²) < 4.78 is 32.9. The number of piperazine rings is 1. The molecule has 0 spiro atoms. The molecule has 0 N–H and O–H groups in total. The van der Waals surface area contributed by atoms with Gasteiger partial charge in [-0.2, -0.15) is 0 Å². The highest BCUT2D eigenvalue weighted by Crippen LogP contribution is 2.25. The third kappa shape index (κ3) is 4.45. The van der Waals surface area contributed by atoms with E-state index in [1.54, 1.807) is 41.3 Å². The van der Waals surface area contributed by atoms with Crippen LogP contribution < -0.4 is 9.04 Å². The lowest BCUT2D eigenvalue weighted by Crippen LogP contribution is -2.50. The number of para-hydroxylation sites is 1. The molecule has 28 heavy (non-hydrogen) atoms. The van der Waals surface area contributed by atoms with Gasteiger partial charge in [-0.05, 0) is 43.4 Å². The molecule has 1 fully saturated rings. The van der Waals surface area contributed by atoms with E-state index in [4.69, 9.17) is 4.74 Å². The average molecular weight is 404 g/mol. The van der Waals surface area contributed by atoms with Crippen molar-refractivity contribution in [2.24, 2.45) is 0 Å². The number of benzene rings is 2. The summed E-state index contributed by atoms with van der Waals surface area (Å²) in [5, 5.41) is 0.